The first-order valence-corrected chi connectivity index (χ1v) is 11.2. The summed E-state index contributed by atoms with van der Waals surface area (Å²) in [5, 5.41) is 8.59. The zero-order valence-electron chi connectivity index (χ0n) is 17.9. The van der Waals surface area contributed by atoms with Crippen molar-refractivity contribution >= 4 is 21.7 Å². The van der Waals surface area contributed by atoms with Crippen molar-refractivity contribution in [2.45, 2.75) is 46.2 Å². The lowest BCUT2D eigenvalue weighted by Crippen LogP contribution is -2.41. The molecule has 0 aliphatic carbocycles. The van der Waals surface area contributed by atoms with Gasteiger partial charge in [-0.1, -0.05) is 35.0 Å². The Labute approximate surface area is 189 Å². The van der Waals surface area contributed by atoms with E-state index in [0.29, 0.717) is 5.95 Å². The Morgan fingerprint density at radius 3 is 2.74 bits per heavy atom. The van der Waals surface area contributed by atoms with E-state index in [9.17, 15) is 0 Å². The topological polar surface area (TPSA) is 77.5 Å². The number of hydrogen-bond donors (Lipinski definition) is 0. The van der Waals surface area contributed by atoms with E-state index < -0.39 is 0 Å². The van der Waals surface area contributed by atoms with Crippen LogP contribution in [-0.2, 0) is 0 Å². The summed E-state index contributed by atoms with van der Waals surface area (Å²) < 4.78 is 4.97. The highest BCUT2D eigenvalue weighted by Crippen LogP contribution is 2.40. The fourth-order valence-corrected chi connectivity index (χ4v) is 4.71. The van der Waals surface area contributed by atoms with Gasteiger partial charge in [-0.15, -0.1) is 10.2 Å². The number of benzene rings is 1. The van der Waals surface area contributed by atoms with Crippen molar-refractivity contribution in [1.82, 2.24) is 34.3 Å². The van der Waals surface area contributed by atoms with Gasteiger partial charge in [0.15, 0.2) is 11.6 Å². The molecule has 4 aromatic rings. The Morgan fingerprint density at radius 2 is 2.00 bits per heavy atom. The molecule has 9 heteroatoms. The Kier molecular flexibility index (Phi) is 4.85. The molecule has 1 aromatic carbocycles. The molecule has 0 radical (unpaired) electrons. The van der Waals surface area contributed by atoms with Gasteiger partial charge in [-0.3, -0.25) is 9.13 Å². The lowest BCUT2D eigenvalue weighted by molar-refractivity contribution is 0.496. The Morgan fingerprint density at radius 1 is 1.16 bits per heavy atom. The highest BCUT2D eigenvalue weighted by atomic mass is 79.9. The highest BCUT2D eigenvalue weighted by molar-refractivity contribution is 9.10. The van der Waals surface area contributed by atoms with Crippen molar-refractivity contribution in [2.75, 3.05) is 4.90 Å². The molecule has 1 atom stereocenters. The Balaban J connectivity index is 1.72. The zero-order chi connectivity index (χ0) is 21.7. The predicted octanol–water partition coefficient (Wildman–Crippen LogP) is 4.66. The maximum absolute atomic E-state index is 5.05. The maximum Gasteiger partial charge on any atom is 0.237 e. The monoisotopic (exact) mass is 478 g/mol. The van der Waals surface area contributed by atoms with Crippen molar-refractivity contribution in [3.8, 4) is 23.0 Å². The molecule has 0 N–H and O–H groups in total. The molecule has 1 aliphatic heterocycles. The summed E-state index contributed by atoms with van der Waals surface area (Å²) in [6.45, 7) is 8.54. The lowest BCUT2D eigenvalue weighted by atomic mass is 10.1. The summed E-state index contributed by atoms with van der Waals surface area (Å²) >= 11 is 3.55. The van der Waals surface area contributed by atoms with Crippen molar-refractivity contribution < 1.29 is 0 Å². The lowest BCUT2D eigenvalue weighted by Gasteiger charge is -2.40. The predicted molar refractivity (Wildman–Crippen MR) is 123 cm³/mol. The first-order chi connectivity index (χ1) is 15.0. The summed E-state index contributed by atoms with van der Waals surface area (Å²) in [7, 11) is 0. The number of nitrogens with zero attached hydrogens (tertiary/aromatic N) is 8. The van der Waals surface area contributed by atoms with Crippen molar-refractivity contribution in [2.24, 2.45) is 0 Å². The number of hydrogen-bond acceptors (Lipinski definition) is 6. The molecular formula is C22H23BrN8. The molecule has 8 nitrogen and oxygen atoms in total. The van der Waals surface area contributed by atoms with Gasteiger partial charge < -0.3 is 4.90 Å². The van der Waals surface area contributed by atoms with E-state index in [0.717, 1.165) is 45.3 Å². The first-order valence-electron chi connectivity index (χ1n) is 10.4. The van der Waals surface area contributed by atoms with Gasteiger partial charge in [0, 0.05) is 28.5 Å². The number of rotatable bonds is 4. The third-order valence-electron chi connectivity index (χ3n) is 5.60. The van der Waals surface area contributed by atoms with E-state index in [4.69, 9.17) is 9.97 Å². The fraction of sp³-hybridized carbons (Fsp3) is 0.318. The van der Waals surface area contributed by atoms with Crippen LogP contribution in [0.25, 0.3) is 23.0 Å². The minimum atomic E-state index is 0.101. The second-order valence-electron chi connectivity index (χ2n) is 7.90. The van der Waals surface area contributed by atoms with Crippen LogP contribution in [0.3, 0.4) is 0 Å². The zero-order valence-corrected chi connectivity index (χ0v) is 19.4. The molecule has 0 fully saturated rings. The molecule has 158 valence electrons. The van der Waals surface area contributed by atoms with Crippen LogP contribution in [0.5, 0.6) is 0 Å². The normalized spacial score (nSPS) is 15.3. The van der Waals surface area contributed by atoms with Crippen LogP contribution in [-0.4, -0.2) is 40.3 Å². The van der Waals surface area contributed by atoms with Crippen LogP contribution in [0.4, 0.5) is 5.82 Å². The molecule has 5 rings (SSSR count). The van der Waals surface area contributed by atoms with E-state index in [1.165, 1.54) is 0 Å². The van der Waals surface area contributed by atoms with E-state index in [-0.39, 0.29) is 12.1 Å². The average molecular weight is 479 g/mol. The van der Waals surface area contributed by atoms with Gasteiger partial charge in [-0.25, -0.2) is 9.97 Å². The molecule has 0 unspecified atom stereocenters. The fourth-order valence-electron chi connectivity index (χ4n) is 4.31. The summed E-state index contributed by atoms with van der Waals surface area (Å²) in [5.74, 6) is 3.22. The van der Waals surface area contributed by atoms with Gasteiger partial charge in [0.1, 0.15) is 17.8 Å². The molecule has 0 bridgehead atoms. The van der Waals surface area contributed by atoms with Crippen LogP contribution in [0.15, 0.2) is 47.5 Å². The summed E-state index contributed by atoms with van der Waals surface area (Å²) in [6, 6.07) is 8.41. The number of imidazole rings is 1. The van der Waals surface area contributed by atoms with Crippen molar-refractivity contribution in [3.05, 3.63) is 59.0 Å². The minimum absolute atomic E-state index is 0.101. The van der Waals surface area contributed by atoms with E-state index in [1.807, 2.05) is 46.5 Å². The number of anilines is 1. The smallest absolute Gasteiger partial charge is 0.237 e. The third-order valence-corrected chi connectivity index (χ3v) is 6.10. The van der Waals surface area contributed by atoms with E-state index in [2.05, 4.69) is 56.8 Å². The third kappa shape index (κ3) is 3.15. The van der Waals surface area contributed by atoms with Crippen LogP contribution < -0.4 is 4.90 Å². The standard InChI is InChI=1S/C22H23BrN8/c1-5-17-20-28-25-12-30(20)18-14(4)26-22(27-21(18)31(17)13(2)3)29-10-9-24-19(29)15-7-6-8-16(23)11-15/h6-13,17H,5H2,1-4H3/t17-/m1/s1. The van der Waals surface area contributed by atoms with Gasteiger partial charge in [0.25, 0.3) is 0 Å². The SMILES string of the molecule is CC[C@@H]1c2nncn2-c2c(C)nc(-n3ccnc3-c3cccc(Br)c3)nc2N1C(C)C. The van der Waals surface area contributed by atoms with Gasteiger partial charge in [-0.2, -0.15) is 4.98 Å². The van der Waals surface area contributed by atoms with Gasteiger partial charge in [0.05, 0.1) is 11.7 Å². The average Bonchev–Trinajstić information content (AvgIpc) is 3.41. The Bertz CT molecular complexity index is 1260. The molecule has 1 aliphatic rings. The number of aromatic nitrogens is 7. The number of aryl methyl sites for hydroxylation is 1. The minimum Gasteiger partial charge on any atom is -0.342 e. The van der Waals surface area contributed by atoms with Crippen LogP contribution in [0, 0.1) is 6.92 Å². The molecule has 0 spiro atoms. The van der Waals surface area contributed by atoms with Crippen LogP contribution in [0.1, 0.15) is 44.8 Å². The first kappa shape index (κ1) is 19.9. The van der Waals surface area contributed by atoms with Gasteiger partial charge >= 0.3 is 0 Å². The van der Waals surface area contributed by atoms with E-state index in [1.54, 1.807) is 12.5 Å². The van der Waals surface area contributed by atoms with Crippen LogP contribution in [0.2, 0.25) is 0 Å². The summed E-state index contributed by atoms with van der Waals surface area (Å²) in [6.07, 6.45) is 6.35. The summed E-state index contributed by atoms with van der Waals surface area (Å²) in [5.41, 5.74) is 2.80. The second kappa shape index (κ2) is 7.56. The van der Waals surface area contributed by atoms with Crippen LogP contribution >= 0.6 is 15.9 Å². The Hall–Kier alpha value is -3.07. The van der Waals surface area contributed by atoms with Crippen molar-refractivity contribution in [1.29, 1.82) is 0 Å². The molecule has 4 heterocycles. The molecule has 31 heavy (non-hydrogen) atoms. The number of fused-ring (bicyclic) bond motifs is 3. The van der Waals surface area contributed by atoms with Gasteiger partial charge in [-0.05, 0) is 39.3 Å². The molecule has 0 saturated carbocycles. The largest absolute Gasteiger partial charge is 0.342 e. The van der Waals surface area contributed by atoms with Crippen molar-refractivity contribution in [3.63, 3.8) is 0 Å². The molecule has 0 amide bonds. The summed E-state index contributed by atoms with van der Waals surface area (Å²) in [4.78, 5) is 16.8. The quantitative estimate of drug-likeness (QED) is 0.424. The molecule has 0 saturated heterocycles. The number of halogens is 1. The highest BCUT2D eigenvalue weighted by Gasteiger charge is 2.36. The van der Waals surface area contributed by atoms with E-state index >= 15 is 0 Å². The molecule has 3 aromatic heterocycles. The second-order valence-corrected chi connectivity index (χ2v) is 8.81. The maximum atomic E-state index is 5.05. The van der Waals surface area contributed by atoms with Gasteiger partial charge in [0.2, 0.25) is 5.95 Å². The molecular weight excluding hydrogens is 456 g/mol.